The normalized spacial score (nSPS) is 13.6. The lowest BCUT2D eigenvalue weighted by Crippen LogP contribution is -2.13. The zero-order valence-electron chi connectivity index (χ0n) is 18.6. The molecular weight excluding hydrogens is 426 g/mol. The highest BCUT2D eigenvalue weighted by molar-refractivity contribution is 7.16. The molecule has 0 saturated carbocycles. The molecule has 1 aliphatic rings. The van der Waals surface area contributed by atoms with Gasteiger partial charge in [0.15, 0.2) is 0 Å². The molecule has 4 aromatic rings. The first-order valence-corrected chi connectivity index (χ1v) is 12.3. The van der Waals surface area contributed by atoms with Gasteiger partial charge in [0.25, 0.3) is 5.91 Å². The summed E-state index contributed by atoms with van der Waals surface area (Å²) in [7, 11) is 0. The summed E-state index contributed by atoms with van der Waals surface area (Å²) in [5.41, 5.74) is 6.02. The van der Waals surface area contributed by atoms with Crippen molar-refractivity contribution < 1.29 is 4.79 Å². The number of nitrogens with zero attached hydrogens (tertiary/aromatic N) is 2. The first kappa shape index (κ1) is 21.4. The topological polar surface area (TPSA) is 65.8 Å². The number of benzene rings is 2. The van der Waals surface area contributed by atoms with Gasteiger partial charge in [0.2, 0.25) is 0 Å². The molecule has 1 N–H and O–H groups in total. The number of nitrogens with one attached hydrogen (secondary N) is 1. The van der Waals surface area contributed by atoms with Crippen molar-refractivity contribution in [3.05, 3.63) is 81.7 Å². The Bertz CT molecular complexity index is 1400. The highest BCUT2D eigenvalue weighted by atomic mass is 32.1. The number of carbonyl (C=O) groups is 1. The number of thiophene rings is 1. The molecule has 0 spiro atoms. The fraction of sp³-hybridized carbons (Fsp3) is 0.250. The van der Waals surface area contributed by atoms with E-state index >= 15 is 0 Å². The third-order valence-electron chi connectivity index (χ3n) is 6.39. The third-order valence-corrected chi connectivity index (χ3v) is 7.60. The molecule has 0 atom stereocenters. The van der Waals surface area contributed by atoms with E-state index in [1.54, 1.807) is 11.3 Å². The van der Waals surface area contributed by atoms with Crippen molar-refractivity contribution in [1.29, 1.82) is 5.26 Å². The van der Waals surface area contributed by atoms with Crippen molar-refractivity contribution in [1.82, 2.24) is 4.98 Å². The van der Waals surface area contributed by atoms with Crippen LogP contribution in [0.15, 0.2) is 54.6 Å². The Morgan fingerprint density at radius 2 is 1.79 bits per heavy atom. The van der Waals surface area contributed by atoms with Crippen LogP contribution in [0.3, 0.4) is 0 Å². The number of para-hydroxylation sites is 1. The summed E-state index contributed by atoms with van der Waals surface area (Å²) in [6.45, 7) is 2.05. The van der Waals surface area contributed by atoms with Crippen LogP contribution in [0.2, 0.25) is 0 Å². The van der Waals surface area contributed by atoms with E-state index in [0.717, 1.165) is 59.0 Å². The van der Waals surface area contributed by atoms with E-state index in [9.17, 15) is 10.1 Å². The van der Waals surface area contributed by atoms with E-state index < -0.39 is 0 Å². The van der Waals surface area contributed by atoms with Crippen LogP contribution in [-0.4, -0.2) is 10.9 Å². The van der Waals surface area contributed by atoms with Gasteiger partial charge in [0.1, 0.15) is 11.1 Å². The maximum Gasteiger partial charge on any atom is 0.257 e. The standard InChI is InChI=1S/C28H25N3OS/c1-18-10-6-7-11-19(18)25-16-22(20-12-8-9-14-24(20)30-25)27(32)31-28-23(17-29)21-13-4-2-3-5-15-26(21)33-28/h6-12,14,16H,2-5,13,15H2,1H3,(H,31,32). The van der Waals surface area contributed by atoms with Gasteiger partial charge in [-0.2, -0.15) is 5.26 Å². The number of fused-ring (bicyclic) bond motifs is 2. The molecule has 2 heterocycles. The van der Waals surface area contributed by atoms with Crippen LogP contribution in [0.25, 0.3) is 22.2 Å². The summed E-state index contributed by atoms with van der Waals surface area (Å²) in [4.78, 5) is 19.7. The molecule has 0 fully saturated rings. The number of pyridine rings is 1. The molecule has 2 aromatic heterocycles. The van der Waals surface area contributed by atoms with Gasteiger partial charge >= 0.3 is 0 Å². The Morgan fingerprint density at radius 3 is 2.61 bits per heavy atom. The summed E-state index contributed by atoms with van der Waals surface area (Å²) in [5.74, 6) is -0.200. The van der Waals surface area contributed by atoms with Crippen LogP contribution in [0.5, 0.6) is 0 Å². The SMILES string of the molecule is Cc1ccccc1-c1cc(C(=O)Nc2sc3c(c2C#N)CCCCCC3)c2ccccc2n1. The minimum Gasteiger partial charge on any atom is -0.312 e. The molecule has 5 heteroatoms. The Kier molecular flexibility index (Phi) is 5.93. The Morgan fingerprint density at radius 1 is 1.03 bits per heavy atom. The lowest BCUT2D eigenvalue weighted by Gasteiger charge is -2.11. The number of hydrogen-bond donors (Lipinski definition) is 1. The molecule has 0 aliphatic heterocycles. The molecule has 0 radical (unpaired) electrons. The average molecular weight is 452 g/mol. The lowest BCUT2D eigenvalue weighted by atomic mass is 9.97. The zero-order chi connectivity index (χ0) is 22.8. The van der Waals surface area contributed by atoms with E-state index in [-0.39, 0.29) is 5.91 Å². The maximum absolute atomic E-state index is 13.6. The fourth-order valence-corrected chi connectivity index (χ4v) is 5.89. The van der Waals surface area contributed by atoms with Gasteiger partial charge in [0, 0.05) is 15.8 Å². The molecule has 2 aromatic carbocycles. The summed E-state index contributed by atoms with van der Waals surface area (Å²) >= 11 is 1.57. The van der Waals surface area contributed by atoms with Crippen molar-refractivity contribution >= 4 is 33.1 Å². The largest absolute Gasteiger partial charge is 0.312 e. The van der Waals surface area contributed by atoms with Gasteiger partial charge in [-0.15, -0.1) is 11.3 Å². The highest BCUT2D eigenvalue weighted by Crippen LogP contribution is 2.37. The number of amides is 1. The van der Waals surface area contributed by atoms with Gasteiger partial charge in [-0.05, 0) is 55.9 Å². The Balaban J connectivity index is 1.58. The highest BCUT2D eigenvalue weighted by Gasteiger charge is 2.22. The molecule has 164 valence electrons. The van der Waals surface area contributed by atoms with Gasteiger partial charge in [-0.1, -0.05) is 55.3 Å². The van der Waals surface area contributed by atoms with Crippen LogP contribution in [0.1, 0.15) is 57.6 Å². The van der Waals surface area contributed by atoms with E-state index in [0.29, 0.717) is 16.1 Å². The van der Waals surface area contributed by atoms with Gasteiger partial charge < -0.3 is 5.32 Å². The Hall–Kier alpha value is -3.49. The van der Waals surface area contributed by atoms with Gasteiger partial charge in [0.05, 0.1) is 22.3 Å². The van der Waals surface area contributed by atoms with Crippen molar-refractivity contribution in [3.8, 4) is 17.3 Å². The molecule has 0 saturated heterocycles. The van der Waals surface area contributed by atoms with Gasteiger partial charge in [-0.25, -0.2) is 4.98 Å². The van der Waals surface area contributed by atoms with Crippen molar-refractivity contribution in [2.75, 3.05) is 5.32 Å². The molecule has 1 aliphatic carbocycles. The molecule has 1 amide bonds. The van der Waals surface area contributed by atoms with Crippen LogP contribution >= 0.6 is 11.3 Å². The van der Waals surface area contributed by atoms with Crippen LogP contribution in [0.4, 0.5) is 5.00 Å². The minimum atomic E-state index is -0.200. The van der Waals surface area contributed by atoms with Crippen LogP contribution < -0.4 is 5.32 Å². The summed E-state index contributed by atoms with van der Waals surface area (Å²) < 4.78 is 0. The van der Waals surface area contributed by atoms with Crippen molar-refractivity contribution in [3.63, 3.8) is 0 Å². The van der Waals surface area contributed by atoms with Crippen LogP contribution in [-0.2, 0) is 12.8 Å². The van der Waals surface area contributed by atoms with E-state index in [2.05, 4.69) is 11.4 Å². The summed E-state index contributed by atoms with van der Waals surface area (Å²) in [6, 6.07) is 20.0. The predicted molar refractivity (Wildman–Crippen MR) is 135 cm³/mol. The van der Waals surface area contributed by atoms with Crippen molar-refractivity contribution in [2.24, 2.45) is 0 Å². The van der Waals surface area contributed by atoms with Crippen LogP contribution in [0, 0.1) is 18.3 Å². The molecule has 33 heavy (non-hydrogen) atoms. The fourth-order valence-electron chi connectivity index (χ4n) is 4.66. The average Bonchev–Trinajstić information content (AvgIpc) is 3.13. The molecule has 0 bridgehead atoms. The van der Waals surface area contributed by atoms with Crippen molar-refractivity contribution in [2.45, 2.75) is 45.4 Å². The first-order valence-electron chi connectivity index (χ1n) is 11.5. The quantitative estimate of drug-likeness (QED) is 0.363. The molecule has 4 nitrogen and oxygen atoms in total. The first-order chi connectivity index (χ1) is 16.2. The second kappa shape index (κ2) is 9.17. The molecular formula is C28H25N3OS. The number of hydrogen-bond acceptors (Lipinski definition) is 4. The third kappa shape index (κ3) is 4.15. The Labute approximate surface area is 197 Å². The number of aryl methyl sites for hydroxylation is 2. The number of nitriles is 1. The number of carbonyl (C=O) groups excluding carboxylic acids is 1. The smallest absolute Gasteiger partial charge is 0.257 e. The second-order valence-corrected chi connectivity index (χ2v) is 9.68. The number of anilines is 1. The summed E-state index contributed by atoms with van der Waals surface area (Å²) in [5, 5.41) is 14.5. The van der Waals surface area contributed by atoms with Gasteiger partial charge in [-0.3, -0.25) is 4.79 Å². The lowest BCUT2D eigenvalue weighted by molar-refractivity contribution is 0.102. The van der Waals surface area contributed by atoms with E-state index in [4.69, 9.17) is 4.98 Å². The molecule has 5 rings (SSSR count). The second-order valence-electron chi connectivity index (χ2n) is 8.58. The molecule has 0 unspecified atom stereocenters. The van der Waals surface area contributed by atoms with E-state index in [1.807, 2.05) is 61.5 Å². The summed E-state index contributed by atoms with van der Waals surface area (Å²) in [6.07, 6.45) is 6.57. The predicted octanol–water partition coefficient (Wildman–Crippen LogP) is 7.05. The number of aromatic nitrogens is 1. The monoisotopic (exact) mass is 451 g/mol. The zero-order valence-corrected chi connectivity index (χ0v) is 19.5. The van der Waals surface area contributed by atoms with E-state index in [1.165, 1.54) is 17.7 Å². The number of rotatable bonds is 3. The minimum absolute atomic E-state index is 0.200. The maximum atomic E-state index is 13.6.